The molecule has 0 spiro atoms. The van der Waals surface area contributed by atoms with Crippen molar-refractivity contribution in [3.8, 4) is 0 Å². The van der Waals surface area contributed by atoms with E-state index in [2.05, 4.69) is 21.2 Å². The van der Waals surface area contributed by atoms with Gasteiger partial charge in [-0.1, -0.05) is 81.6 Å². The number of nitrogens with one attached hydrogen (secondary N) is 1. The Labute approximate surface area is 248 Å². The lowest BCUT2D eigenvalue weighted by Crippen LogP contribution is -2.54. The average Bonchev–Trinajstić information content (AvgIpc) is 2.85. The highest BCUT2D eigenvalue weighted by Crippen LogP contribution is 2.31. The van der Waals surface area contributed by atoms with E-state index in [1.165, 1.54) is 23.1 Å². The van der Waals surface area contributed by atoms with Crippen molar-refractivity contribution in [1.82, 2.24) is 10.2 Å². The van der Waals surface area contributed by atoms with Crippen LogP contribution in [0.1, 0.15) is 25.0 Å². The Morgan fingerprint density at radius 2 is 1.62 bits per heavy atom. The van der Waals surface area contributed by atoms with E-state index < -0.39 is 28.5 Å². The Balaban J connectivity index is 2.08. The molecular weight excluding hydrogens is 625 g/mol. The third kappa shape index (κ3) is 8.96. The fraction of sp³-hybridized carbons (Fsp3) is 0.286. The molecule has 0 fully saturated rings. The molecule has 0 saturated heterocycles. The van der Waals surface area contributed by atoms with Gasteiger partial charge in [0.25, 0.3) is 0 Å². The van der Waals surface area contributed by atoms with Crippen LogP contribution in [0.2, 0.25) is 10.0 Å². The smallest absolute Gasteiger partial charge is 0.244 e. The van der Waals surface area contributed by atoms with E-state index in [1.54, 1.807) is 0 Å². The van der Waals surface area contributed by atoms with Gasteiger partial charge in [0.05, 0.1) is 17.0 Å². The van der Waals surface area contributed by atoms with Gasteiger partial charge in [0.15, 0.2) is 0 Å². The number of halogens is 3. The van der Waals surface area contributed by atoms with Gasteiger partial charge in [-0.25, -0.2) is 8.42 Å². The van der Waals surface area contributed by atoms with E-state index in [4.69, 9.17) is 23.2 Å². The third-order valence-electron chi connectivity index (χ3n) is 5.80. The Hall–Kier alpha value is -2.59. The summed E-state index contributed by atoms with van der Waals surface area (Å²) in [5.41, 5.74) is 1.69. The number of hydrogen-bond donors (Lipinski definition) is 1. The van der Waals surface area contributed by atoms with Crippen LogP contribution in [-0.2, 0) is 32.6 Å². The summed E-state index contributed by atoms with van der Waals surface area (Å²) in [6.07, 6.45) is 1.22. The summed E-state index contributed by atoms with van der Waals surface area (Å²) in [6, 6.07) is 20.0. The first-order chi connectivity index (χ1) is 18.3. The number of rotatable bonds is 11. The van der Waals surface area contributed by atoms with E-state index >= 15 is 0 Å². The van der Waals surface area contributed by atoms with Crippen LogP contribution in [-0.4, -0.2) is 50.0 Å². The minimum absolute atomic E-state index is 0.0716. The van der Waals surface area contributed by atoms with E-state index in [1.807, 2.05) is 68.4 Å². The minimum atomic E-state index is -3.95. The summed E-state index contributed by atoms with van der Waals surface area (Å²) in [7, 11) is -3.95. The van der Waals surface area contributed by atoms with Crippen molar-refractivity contribution in [1.29, 1.82) is 0 Å². The highest BCUT2D eigenvalue weighted by molar-refractivity contribution is 9.10. The number of hydrogen-bond acceptors (Lipinski definition) is 4. The second-order valence-electron chi connectivity index (χ2n) is 9.39. The highest BCUT2D eigenvalue weighted by atomic mass is 79.9. The van der Waals surface area contributed by atoms with Crippen molar-refractivity contribution in [3.05, 3.63) is 98.4 Å². The number of carbonyl (C=O) groups excluding carboxylic acids is 2. The molecule has 11 heteroatoms. The lowest BCUT2D eigenvalue weighted by Gasteiger charge is -2.34. The number of nitrogens with zero attached hydrogens (tertiary/aromatic N) is 2. The number of amides is 2. The normalized spacial score (nSPS) is 12.2. The highest BCUT2D eigenvalue weighted by Gasteiger charge is 2.33. The van der Waals surface area contributed by atoms with Crippen LogP contribution in [0.3, 0.4) is 0 Å². The molecule has 0 bridgehead atoms. The molecule has 3 aromatic carbocycles. The molecule has 0 radical (unpaired) electrons. The Morgan fingerprint density at radius 3 is 2.23 bits per heavy atom. The fourth-order valence-corrected chi connectivity index (χ4v) is 5.77. The molecule has 3 rings (SSSR count). The molecule has 1 atom stereocenters. The van der Waals surface area contributed by atoms with Gasteiger partial charge < -0.3 is 10.2 Å². The topological polar surface area (TPSA) is 86.8 Å². The maximum atomic E-state index is 14.0. The van der Waals surface area contributed by atoms with Crippen LogP contribution < -0.4 is 9.62 Å². The molecule has 0 unspecified atom stereocenters. The monoisotopic (exact) mass is 653 g/mol. The molecule has 0 aliphatic heterocycles. The van der Waals surface area contributed by atoms with Crippen LogP contribution in [0.5, 0.6) is 0 Å². The van der Waals surface area contributed by atoms with Gasteiger partial charge >= 0.3 is 0 Å². The number of benzene rings is 3. The average molecular weight is 655 g/mol. The Bertz CT molecular complexity index is 1420. The SMILES string of the molecule is CC(C)NC(=O)[C@H](Cc1ccccc1)N(Cc1cccc(Br)c1)C(=O)CN(c1cc(Cl)ccc1Cl)S(C)(=O)=O. The van der Waals surface area contributed by atoms with E-state index in [9.17, 15) is 18.0 Å². The lowest BCUT2D eigenvalue weighted by atomic mass is 10.0. The first-order valence-corrected chi connectivity index (χ1v) is 15.6. The Kier molecular flexibility index (Phi) is 10.8. The summed E-state index contributed by atoms with van der Waals surface area (Å²) in [5, 5.41) is 3.30. The second-order valence-corrected chi connectivity index (χ2v) is 13.1. The fourth-order valence-electron chi connectivity index (χ4n) is 4.04. The molecule has 208 valence electrons. The summed E-state index contributed by atoms with van der Waals surface area (Å²) in [5.74, 6) is -0.917. The van der Waals surface area contributed by atoms with Gasteiger partial charge in [0, 0.05) is 28.5 Å². The number of sulfonamides is 1. The van der Waals surface area contributed by atoms with Crippen molar-refractivity contribution in [2.75, 3.05) is 17.1 Å². The number of anilines is 1. The number of carbonyl (C=O) groups is 2. The van der Waals surface area contributed by atoms with Crippen molar-refractivity contribution in [3.63, 3.8) is 0 Å². The molecule has 0 heterocycles. The van der Waals surface area contributed by atoms with Crippen LogP contribution in [0, 0.1) is 0 Å². The summed E-state index contributed by atoms with van der Waals surface area (Å²) in [4.78, 5) is 29.0. The summed E-state index contributed by atoms with van der Waals surface area (Å²) in [6.45, 7) is 3.17. The zero-order chi connectivity index (χ0) is 28.7. The van der Waals surface area contributed by atoms with Gasteiger partial charge in [-0.05, 0) is 55.3 Å². The molecule has 0 saturated carbocycles. The van der Waals surface area contributed by atoms with Crippen LogP contribution in [0.25, 0.3) is 0 Å². The molecule has 0 aliphatic rings. The van der Waals surface area contributed by atoms with E-state index in [0.29, 0.717) is 0 Å². The molecular formula is C28H30BrCl2N3O4S. The van der Waals surface area contributed by atoms with Crippen molar-refractivity contribution in [2.24, 2.45) is 0 Å². The van der Waals surface area contributed by atoms with Gasteiger partial charge in [-0.3, -0.25) is 13.9 Å². The maximum Gasteiger partial charge on any atom is 0.244 e. The van der Waals surface area contributed by atoms with Crippen LogP contribution >= 0.6 is 39.1 Å². The first kappa shape index (κ1) is 30.9. The molecule has 0 aliphatic carbocycles. The first-order valence-electron chi connectivity index (χ1n) is 12.2. The van der Waals surface area contributed by atoms with Crippen molar-refractivity contribution in [2.45, 2.75) is 38.9 Å². The zero-order valence-electron chi connectivity index (χ0n) is 21.8. The Morgan fingerprint density at radius 1 is 0.949 bits per heavy atom. The zero-order valence-corrected chi connectivity index (χ0v) is 25.7. The van der Waals surface area contributed by atoms with E-state index in [-0.39, 0.29) is 40.6 Å². The van der Waals surface area contributed by atoms with Crippen LogP contribution in [0.15, 0.2) is 77.3 Å². The lowest BCUT2D eigenvalue weighted by molar-refractivity contribution is -0.140. The quantitative estimate of drug-likeness (QED) is 0.288. The molecule has 7 nitrogen and oxygen atoms in total. The second kappa shape index (κ2) is 13.7. The molecule has 1 N–H and O–H groups in total. The molecule has 0 aromatic heterocycles. The maximum absolute atomic E-state index is 14.0. The van der Waals surface area contributed by atoms with Gasteiger partial charge in [0.2, 0.25) is 21.8 Å². The minimum Gasteiger partial charge on any atom is -0.352 e. The molecule has 39 heavy (non-hydrogen) atoms. The van der Waals surface area contributed by atoms with Gasteiger partial charge in [-0.2, -0.15) is 0 Å². The predicted molar refractivity (Wildman–Crippen MR) is 161 cm³/mol. The largest absolute Gasteiger partial charge is 0.352 e. The summed E-state index contributed by atoms with van der Waals surface area (Å²) >= 11 is 15.9. The van der Waals surface area contributed by atoms with Crippen molar-refractivity contribution >= 4 is 66.7 Å². The summed E-state index contributed by atoms with van der Waals surface area (Å²) < 4.78 is 27.5. The van der Waals surface area contributed by atoms with Crippen molar-refractivity contribution < 1.29 is 18.0 Å². The third-order valence-corrected chi connectivity index (χ3v) is 7.97. The standard InChI is InChI=1S/C28H30BrCl2N3O4S/c1-19(2)32-28(36)26(15-20-8-5-4-6-9-20)33(17-21-10-7-11-22(29)14-21)27(35)18-34(39(3,37)38)25-16-23(30)12-13-24(25)31/h4-14,16,19,26H,15,17-18H2,1-3H3,(H,32,36)/t26-/m0/s1. The molecule has 3 aromatic rings. The molecule has 2 amide bonds. The van der Waals surface area contributed by atoms with Crippen LogP contribution in [0.4, 0.5) is 5.69 Å². The van der Waals surface area contributed by atoms with E-state index in [0.717, 1.165) is 26.2 Å². The predicted octanol–water partition coefficient (Wildman–Crippen LogP) is 5.69. The van der Waals surface area contributed by atoms with Gasteiger partial charge in [-0.15, -0.1) is 0 Å². The van der Waals surface area contributed by atoms with Gasteiger partial charge in [0.1, 0.15) is 12.6 Å².